The molecule has 3 aromatic rings. The number of amides is 1. The zero-order chi connectivity index (χ0) is 20.6. The minimum absolute atomic E-state index is 0.0345. The molecular formula is C18H15ClF3N3OS2. The first-order chi connectivity index (χ1) is 13.1. The molecule has 1 atom stereocenters. The van der Waals surface area contributed by atoms with E-state index in [4.69, 9.17) is 11.6 Å². The quantitative estimate of drug-likeness (QED) is 0.389. The Morgan fingerprint density at radius 1 is 1.29 bits per heavy atom. The standard InChI is InChI=1S/C18H15ClF3N3OS2/c1-8-9(2)27-16-14(8)17(24-7-23-16)28-10(3)15(26)25-13-6-11(18(20,21)22)4-5-12(13)19/h4-7,10H,1-3H3,(H,25,26). The van der Waals surface area contributed by atoms with Gasteiger partial charge in [-0.1, -0.05) is 23.4 Å². The number of rotatable bonds is 4. The highest BCUT2D eigenvalue weighted by Gasteiger charge is 2.31. The Morgan fingerprint density at radius 2 is 2.00 bits per heavy atom. The van der Waals surface area contributed by atoms with Crippen LogP contribution in [-0.4, -0.2) is 21.1 Å². The molecule has 0 saturated heterocycles. The van der Waals surface area contributed by atoms with Crippen molar-refractivity contribution in [1.29, 1.82) is 0 Å². The molecule has 1 amide bonds. The topological polar surface area (TPSA) is 54.9 Å². The first kappa shape index (κ1) is 20.9. The zero-order valence-electron chi connectivity index (χ0n) is 15.0. The van der Waals surface area contributed by atoms with Gasteiger partial charge in [-0.25, -0.2) is 9.97 Å². The van der Waals surface area contributed by atoms with E-state index in [1.54, 1.807) is 18.3 Å². The van der Waals surface area contributed by atoms with Crippen LogP contribution in [0.3, 0.4) is 0 Å². The molecule has 0 fully saturated rings. The first-order valence-corrected chi connectivity index (χ1v) is 10.2. The van der Waals surface area contributed by atoms with Gasteiger partial charge in [0.25, 0.3) is 0 Å². The summed E-state index contributed by atoms with van der Waals surface area (Å²) in [5.41, 5.74) is 0.0929. The fourth-order valence-electron chi connectivity index (χ4n) is 2.49. The highest BCUT2D eigenvalue weighted by molar-refractivity contribution is 8.00. The monoisotopic (exact) mass is 445 g/mol. The molecule has 0 aliphatic rings. The van der Waals surface area contributed by atoms with Crippen LogP contribution in [-0.2, 0) is 11.0 Å². The number of anilines is 1. The van der Waals surface area contributed by atoms with Crippen molar-refractivity contribution >= 4 is 56.5 Å². The number of carbonyl (C=O) groups is 1. The van der Waals surface area contributed by atoms with Gasteiger partial charge in [0.05, 0.1) is 21.5 Å². The van der Waals surface area contributed by atoms with Gasteiger partial charge < -0.3 is 5.32 Å². The highest BCUT2D eigenvalue weighted by atomic mass is 35.5. The molecule has 3 rings (SSSR count). The lowest BCUT2D eigenvalue weighted by Gasteiger charge is -2.15. The number of aryl methyl sites for hydroxylation is 2. The number of carbonyl (C=O) groups excluding carboxylic acids is 1. The Bertz CT molecular complexity index is 1050. The second kappa shape index (κ2) is 7.88. The fraction of sp³-hybridized carbons (Fsp3) is 0.278. The lowest BCUT2D eigenvalue weighted by molar-refractivity contribution is -0.137. The van der Waals surface area contributed by atoms with Crippen molar-refractivity contribution in [1.82, 2.24) is 9.97 Å². The van der Waals surface area contributed by atoms with Gasteiger partial charge in [-0.05, 0) is 44.5 Å². The van der Waals surface area contributed by atoms with Crippen LogP contribution in [0.1, 0.15) is 22.9 Å². The molecule has 1 aromatic carbocycles. The van der Waals surface area contributed by atoms with Crippen molar-refractivity contribution in [3.05, 3.63) is 45.6 Å². The van der Waals surface area contributed by atoms with Crippen LogP contribution in [0.15, 0.2) is 29.6 Å². The van der Waals surface area contributed by atoms with Crippen molar-refractivity contribution < 1.29 is 18.0 Å². The molecule has 0 radical (unpaired) electrons. The van der Waals surface area contributed by atoms with Gasteiger partial charge in [-0.2, -0.15) is 13.2 Å². The summed E-state index contributed by atoms with van der Waals surface area (Å²) in [6.45, 7) is 5.61. The second-order valence-corrected chi connectivity index (χ2v) is 9.02. The molecule has 28 heavy (non-hydrogen) atoms. The number of thiophene rings is 1. The number of hydrogen-bond donors (Lipinski definition) is 1. The average molecular weight is 446 g/mol. The van der Waals surface area contributed by atoms with Gasteiger partial charge in [-0.15, -0.1) is 11.3 Å². The van der Waals surface area contributed by atoms with Gasteiger partial charge in [-0.3, -0.25) is 4.79 Å². The van der Waals surface area contributed by atoms with Gasteiger partial charge in [0.15, 0.2) is 0 Å². The van der Waals surface area contributed by atoms with Gasteiger partial charge in [0.1, 0.15) is 16.2 Å². The molecule has 0 bridgehead atoms. The molecule has 4 nitrogen and oxygen atoms in total. The SMILES string of the molecule is Cc1sc2ncnc(SC(C)C(=O)Nc3cc(C(F)(F)F)ccc3Cl)c2c1C. The van der Waals surface area contributed by atoms with Crippen LogP contribution in [0.25, 0.3) is 10.2 Å². The van der Waals surface area contributed by atoms with E-state index in [9.17, 15) is 18.0 Å². The van der Waals surface area contributed by atoms with Crippen LogP contribution >= 0.6 is 34.7 Å². The summed E-state index contributed by atoms with van der Waals surface area (Å²) in [6, 6.07) is 2.81. The normalized spacial score (nSPS) is 13.0. The third kappa shape index (κ3) is 4.26. The van der Waals surface area contributed by atoms with Gasteiger partial charge >= 0.3 is 6.18 Å². The molecule has 0 spiro atoms. The van der Waals surface area contributed by atoms with E-state index in [2.05, 4.69) is 15.3 Å². The third-order valence-electron chi connectivity index (χ3n) is 4.14. The Morgan fingerprint density at radius 3 is 2.68 bits per heavy atom. The zero-order valence-corrected chi connectivity index (χ0v) is 17.4. The Hall–Kier alpha value is -1.84. The van der Waals surface area contributed by atoms with Crippen molar-refractivity contribution in [2.75, 3.05) is 5.32 Å². The Balaban J connectivity index is 1.81. The van der Waals surface area contributed by atoms with E-state index < -0.39 is 22.9 Å². The van der Waals surface area contributed by atoms with E-state index in [0.717, 1.165) is 38.9 Å². The summed E-state index contributed by atoms with van der Waals surface area (Å²) >= 11 is 8.72. The number of nitrogens with zero attached hydrogens (tertiary/aromatic N) is 2. The van der Waals surface area contributed by atoms with Crippen LogP contribution in [0.5, 0.6) is 0 Å². The lowest BCUT2D eigenvalue weighted by atomic mass is 10.2. The summed E-state index contributed by atoms with van der Waals surface area (Å²) in [6.07, 6.45) is -3.08. The average Bonchev–Trinajstić information content (AvgIpc) is 2.91. The van der Waals surface area contributed by atoms with Crippen molar-refractivity contribution in [2.24, 2.45) is 0 Å². The highest BCUT2D eigenvalue weighted by Crippen LogP contribution is 2.37. The number of fused-ring (bicyclic) bond motifs is 1. The van der Waals surface area contributed by atoms with E-state index in [0.29, 0.717) is 5.03 Å². The third-order valence-corrected chi connectivity index (χ3v) is 6.69. The number of thioether (sulfide) groups is 1. The Kier molecular flexibility index (Phi) is 5.88. The van der Waals surface area contributed by atoms with E-state index in [-0.39, 0.29) is 10.7 Å². The molecule has 2 heterocycles. The predicted molar refractivity (Wildman–Crippen MR) is 107 cm³/mol. The summed E-state index contributed by atoms with van der Waals surface area (Å²) in [5.74, 6) is -0.470. The van der Waals surface area contributed by atoms with Crippen molar-refractivity contribution in [2.45, 2.75) is 37.2 Å². The summed E-state index contributed by atoms with van der Waals surface area (Å²) in [7, 11) is 0. The number of alkyl halides is 3. The second-order valence-electron chi connectivity index (χ2n) is 6.08. The van der Waals surface area contributed by atoms with E-state index >= 15 is 0 Å². The minimum Gasteiger partial charge on any atom is -0.324 e. The fourth-order valence-corrected chi connectivity index (χ4v) is 4.69. The summed E-state index contributed by atoms with van der Waals surface area (Å²) in [5, 5.41) is 3.46. The first-order valence-electron chi connectivity index (χ1n) is 8.13. The van der Waals surface area contributed by atoms with E-state index in [1.165, 1.54) is 18.1 Å². The number of nitrogens with one attached hydrogen (secondary N) is 1. The van der Waals surface area contributed by atoms with Crippen LogP contribution in [0, 0.1) is 13.8 Å². The van der Waals surface area contributed by atoms with Crippen molar-refractivity contribution in [3.63, 3.8) is 0 Å². The largest absolute Gasteiger partial charge is 0.416 e. The molecular weight excluding hydrogens is 431 g/mol. The minimum atomic E-state index is -4.52. The molecule has 0 aliphatic carbocycles. The molecule has 0 aliphatic heterocycles. The van der Waals surface area contributed by atoms with Crippen molar-refractivity contribution in [3.8, 4) is 0 Å². The molecule has 1 N–H and O–H groups in total. The maximum atomic E-state index is 12.9. The van der Waals surface area contributed by atoms with Gasteiger partial charge in [0, 0.05) is 10.3 Å². The molecule has 0 saturated carbocycles. The molecule has 10 heteroatoms. The number of halogens is 4. The predicted octanol–water partition coefficient (Wildman–Crippen LogP) is 6.10. The van der Waals surface area contributed by atoms with E-state index in [1.807, 2.05) is 13.8 Å². The number of aromatic nitrogens is 2. The lowest BCUT2D eigenvalue weighted by Crippen LogP contribution is -2.23. The maximum absolute atomic E-state index is 12.9. The number of hydrogen-bond acceptors (Lipinski definition) is 5. The van der Waals surface area contributed by atoms with Gasteiger partial charge in [0.2, 0.25) is 5.91 Å². The maximum Gasteiger partial charge on any atom is 0.416 e. The van der Waals surface area contributed by atoms with Crippen LogP contribution in [0.2, 0.25) is 5.02 Å². The van der Waals surface area contributed by atoms with Crippen LogP contribution < -0.4 is 5.32 Å². The Labute approximate surface area is 172 Å². The summed E-state index contributed by atoms with van der Waals surface area (Å²) < 4.78 is 38.7. The number of benzene rings is 1. The van der Waals surface area contributed by atoms with Crippen LogP contribution in [0.4, 0.5) is 18.9 Å². The molecule has 2 aromatic heterocycles. The molecule has 1 unspecified atom stereocenters. The summed E-state index contributed by atoms with van der Waals surface area (Å²) in [4.78, 5) is 23.0. The smallest absolute Gasteiger partial charge is 0.324 e. The molecule has 148 valence electrons.